The molecule has 0 aliphatic rings. The molecule has 1 aromatic rings. The van der Waals surface area contributed by atoms with E-state index in [1.54, 1.807) is 19.1 Å². The predicted octanol–water partition coefficient (Wildman–Crippen LogP) is 1.94. The van der Waals surface area contributed by atoms with Crippen LogP contribution in [0.5, 0.6) is 0 Å². The second kappa shape index (κ2) is 7.43. The Balaban J connectivity index is 2.39. The van der Waals surface area contributed by atoms with Crippen LogP contribution in [-0.2, 0) is 9.59 Å². The van der Waals surface area contributed by atoms with Crippen molar-refractivity contribution in [2.24, 2.45) is 0 Å². The number of carbonyl (C=O) groups excluding carboxylic acids is 2. The number of Topliss-reactive ketones (excluding diaryl/α,β-unsaturated/α-hetero) is 1. The largest absolute Gasteiger partial charge is 0.481 e. The van der Waals surface area contributed by atoms with Gasteiger partial charge in [-0.05, 0) is 13.8 Å². The van der Waals surface area contributed by atoms with Gasteiger partial charge in [-0.3, -0.25) is 14.4 Å². The lowest BCUT2D eigenvalue weighted by atomic mass is 10.0. The smallest absolute Gasteiger partial charge is 0.305 e. The zero-order valence-electron chi connectivity index (χ0n) is 11.7. The molecule has 0 radical (unpaired) electrons. The molecule has 0 saturated heterocycles. The van der Waals surface area contributed by atoms with E-state index >= 15 is 0 Å². The van der Waals surface area contributed by atoms with E-state index in [1.165, 1.54) is 0 Å². The Kier molecular flexibility index (Phi) is 5.90. The molecule has 0 bridgehead atoms. The molecule has 0 saturated carbocycles. The first-order chi connectivity index (χ1) is 9.38. The Morgan fingerprint density at radius 3 is 2.30 bits per heavy atom. The number of benzene rings is 1. The summed E-state index contributed by atoms with van der Waals surface area (Å²) in [6.07, 6.45) is 0.0585. The lowest BCUT2D eigenvalue weighted by molar-refractivity contribution is -0.137. The van der Waals surface area contributed by atoms with Crippen molar-refractivity contribution in [1.29, 1.82) is 0 Å². The van der Waals surface area contributed by atoms with Gasteiger partial charge in [0.25, 0.3) is 0 Å². The first-order valence-corrected chi connectivity index (χ1v) is 6.49. The Morgan fingerprint density at radius 1 is 1.15 bits per heavy atom. The monoisotopic (exact) mass is 277 g/mol. The number of aryl methyl sites for hydroxylation is 1. The number of hydrogen-bond acceptors (Lipinski definition) is 3. The van der Waals surface area contributed by atoms with Crippen LogP contribution in [0.3, 0.4) is 0 Å². The van der Waals surface area contributed by atoms with E-state index in [4.69, 9.17) is 5.11 Å². The highest BCUT2D eigenvalue weighted by atomic mass is 16.4. The van der Waals surface area contributed by atoms with Crippen LogP contribution in [0.1, 0.15) is 42.1 Å². The van der Waals surface area contributed by atoms with Crippen LogP contribution >= 0.6 is 0 Å². The molecule has 0 aliphatic heterocycles. The minimum Gasteiger partial charge on any atom is -0.481 e. The summed E-state index contributed by atoms with van der Waals surface area (Å²) in [5.41, 5.74) is 1.66. The van der Waals surface area contributed by atoms with Gasteiger partial charge in [-0.25, -0.2) is 0 Å². The standard InChI is InChI=1S/C15H19NO4/c1-10-3-5-12(6-4-10)13(17)7-8-14(18)16-11(2)9-15(19)20/h3-6,11H,7-9H2,1-2H3,(H,16,18)(H,19,20). The van der Waals surface area contributed by atoms with Crippen LogP contribution in [0, 0.1) is 6.92 Å². The molecular formula is C15H19NO4. The third kappa shape index (κ3) is 5.65. The van der Waals surface area contributed by atoms with Gasteiger partial charge in [0.1, 0.15) is 0 Å². The molecule has 1 atom stereocenters. The van der Waals surface area contributed by atoms with Crippen LogP contribution < -0.4 is 5.32 Å². The fourth-order valence-electron chi connectivity index (χ4n) is 1.77. The second-order valence-corrected chi connectivity index (χ2v) is 4.86. The lowest BCUT2D eigenvalue weighted by Crippen LogP contribution is -2.34. The Hall–Kier alpha value is -2.17. The third-order valence-electron chi connectivity index (χ3n) is 2.84. The van der Waals surface area contributed by atoms with Crippen LogP contribution in [0.25, 0.3) is 0 Å². The Bertz CT molecular complexity index is 493. The molecule has 1 amide bonds. The van der Waals surface area contributed by atoms with Gasteiger partial charge in [0.2, 0.25) is 5.91 Å². The molecule has 5 nitrogen and oxygen atoms in total. The number of nitrogens with one attached hydrogen (secondary N) is 1. The number of carboxylic acids is 1. The Labute approximate surface area is 118 Å². The number of carboxylic acid groups (broad SMARTS) is 1. The van der Waals surface area contributed by atoms with Crippen molar-refractivity contribution in [3.8, 4) is 0 Å². The average molecular weight is 277 g/mol. The van der Waals surface area contributed by atoms with Gasteiger partial charge < -0.3 is 10.4 Å². The summed E-state index contributed by atoms with van der Waals surface area (Å²) in [4.78, 5) is 33.9. The first-order valence-electron chi connectivity index (χ1n) is 6.49. The highest BCUT2D eigenvalue weighted by Gasteiger charge is 2.13. The predicted molar refractivity (Wildman–Crippen MR) is 74.6 cm³/mol. The number of ketones is 1. The normalized spacial score (nSPS) is 11.7. The molecule has 0 aromatic heterocycles. The first kappa shape index (κ1) is 15.9. The molecule has 1 aromatic carbocycles. The zero-order chi connectivity index (χ0) is 15.1. The van der Waals surface area contributed by atoms with E-state index in [2.05, 4.69) is 5.32 Å². The summed E-state index contributed by atoms with van der Waals surface area (Å²) in [5, 5.41) is 11.1. The van der Waals surface area contributed by atoms with E-state index < -0.39 is 12.0 Å². The molecule has 0 heterocycles. The quantitative estimate of drug-likeness (QED) is 0.746. The average Bonchev–Trinajstić information content (AvgIpc) is 2.35. The molecule has 5 heteroatoms. The summed E-state index contributed by atoms with van der Waals surface area (Å²) < 4.78 is 0. The van der Waals surface area contributed by atoms with Crippen LogP contribution in [0.4, 0.5) is 0 Å². The van der Waals surface area contributed by atoms with Crippen molar-refractivity contribution in [2.75, 3.05) is 0 Å². The molecule has 0 spiro atoms. The van der Waals surface area contributed by atoms with Crippen molar-refractivity contribution in [2.45, 2.75) is 39.2 Å². The lowest BCUT2D eigenvalue weighted by Gasteiger charge is -2.11. The van der Waals surface area contributed by atoms with Gasteiger partial charge in [0.15, 0.2) is 5.78 Å². The maximum absolute atomic E-state index is 11.8. The van der Waals surface area contributed by atoms with Gasteiger partial charge in [-0.15, -0.1) is 0 Å². The van der Waals surface area contributed by atoms with Gasteiger partial charge in [0.05, 0.1) is 6.42 Å². The van der Waals surface area contributed by atoms with Crippen molar-refractivity contribution >= 4 is 17.7 Å². The molecule has 1 rings (SSSR count). The zero-order valence-corrected chi connectivity index (χ0v) is 11.7. The van der Waals surface area contributed by atoms with E-state index in [-0.39, 0.29) is 31.0 Å². The number of aliphatic carboxylic acids is 1. The van der Waals surface area contributed by atoms with Gasteiger partial charge in [0, 0.05) is 24.4 Å². The van der Waals surface area contributed by atoms with Crippen molar-refractivity contribution in [3.05, 3.63) is 35.4 Å². The molecule has 20 heavy (non-hydrogen) atoms. The molecule has 0 aliphatic carbocycles. The molecule has 1 unspecified atom stereocenters. The molecule has 108 valence electrons. The fourth-order valence-corrected chi connectivity index (χ4v) is 1.77. The fraction of sp³-hybridized carbons (Fsp3) is 0.400. The summed E-state index contributed by atoms with van der Waals surface area (Å²) in [5.74, 6) is -1.36. The van der Waals surface area contributed by atoms with Crippen LogP contribution in [0.2, 0.25) is 0 Å². The number of rotatable bonds is 7. The number of carbonyl (C=O) groups is 3. The molecular weight excluding hydrogens is 258 g/mol. The van der Waals surface area contributed by atoms with Gasteiger partial charge >= 0.3 is 5.97 Å². The number of hydrogen-bond donors (Lipinski definition) is 2. The van der Waals surface area contributed by atoms with E-state index in [1.807, 2.05) is 19.1 Å². The van der Waals surface area contributed by atoms with E-state index in [0.717, 1.165) is 5.56 Å². The summed E-state index contributed by atoms with van der Waals surface area (Å²) >= 11 is 0. The maximum Gasteiger partial charge on any atom is 0.305 e. The maximum atomic E-state index is 11.8. The highest BCUT2D eigenvalue weighted by molar-refractivity contribution is 5.98. The third-order valence-corrected chi connectivity index (χ3v) is 2.84. The van der Waals surface area contributed by atoms with Crippen molar-refractivity contribution in [1.82, 2.24) is 5.32 Å². The van der Waals surface area contributed by atoms with Crippen molar-refractivity contribution in [3.63, 3.8) is 0 Å². The SMILES string of the molecule is Cc1ccc(C(=O)CCC(=O)NC(C)CC(=O)O)cc1. The second-order valence-electron chi connectivity index (χ2n) is 4.86. The summed E-state index contributed by atoms with van der Waals surface area (Å²) in [6, 6.07) is 6.74. The molecule has 2 N–H and O–H groups in total. The summed E-state index contributed by atoms with van der Waals surface area (Å²) in [6.45, 7) is 3.55. The number of amides is 1. The minimum atomic E-state index is -0.964. The highest BCUT2D eigenvalue weighted by Crippen LogP contribution is 2.07. The van der Waals surface area contributed by atoms with Crippen LogP contribution in [0.15, 0.2) is 24.3 Å². The minimum absolute atomic E-state index is 0.0661. The van der Waals surface area contributed by atoms with E-state index in [0.29, 0.717) is 5.56 Å². The van der Waals surface area contributed by atoms with Gasteiger partial charge in [-0.1, -0.05) is 29.8 Å². The summed E-state index contributed by atoms with van der Waals surface area (Å²) in [7, 11) is 0. The van der Waals surface area contributed by atoms with E-state index in [9.17, 15) is 14.4 Å². The Morgan fingerprint density at radius 2 is 1.75 bits per heavy atom. The topological polar surface area (TPSA) is 83.5 Å². The van der Waals surface area contributed by atoms with Gasteiger partial charge in [-0.2, -0.15) is 0 Å². The molecule has 0 fully saturated rings. The van der Waals surface area contributed by atoms with Crippen molar-refractivity contribution < 1.29 is 19.5 Å². The van der Waals surface area contributed by atoms with Crippen LogP contribution in [-0.4, -0.2) is 28.8 Å².